The second-order valence-corrected chi connectivity index (χ2v) is 5.27. The fourth-order valence-corrected chi connectivity index (χ4v) is 1.62. The quantitative estimate of drug-likeness (QED) is 0.915. The highest BCUT2D eigenvalue weighted by atomic mass is 16.6. The van der Waals surface area contributed by atoms with Crippen molar-refractivity contribution in [3.8, 4) is 11.8 Å². The van der Waals surface area contributed by atoms with Crippen molar-refractivity contribution >= 4 is 11.8 Å². The van der Waals surface area contributed by atoms with Gasteiger partial charge in [-0.05, 0) is 32.9 Å². The van der Waals surface area contributed by atoms with E-state index in [2.05, 4.69) is 15.4 Å². The Balaban J connectivity index is 2.25. The molecule has 0 saturated carbocycles. The van der Waals surface area contributed by atoms with Crippen molar-refractivity contribution in [1.82, 2.24) is 14.8 Å². The highest BCUT2D eigenvalue weighted by Gasteiger charge is 2.17. The lowest BCUT2D eigenvalue weighted by atomic mass is 10.2. The van der Waals surface area contributed by atoms with Crippen LogP contribution < -0.4 is 5.32 Å². The van der Waals surface area contributed by atoms with Crippen LogP contribution in [0.3, 0.4) is 0 Å². The highest BCUT2D eigenvalue weighted by molar-refractivity contribution is 5.87. The maximum atomic E-state index is 11.8. The van der Waals surface area contributed by atoms with Crippen LogP contribution in [0.15, 0.2) is 30.6 Å². The molecule has 1 heterocycles. The van der Waals surface area contributed by atoms with Crippen molar-refractivity contribution in [2.45, 2.75) is 26.4 Å². The van der Waals surface area contributed by atoms with Gasteiger partial charge in [0, 0.05) is 0 Å². The maximum Gasteiger partial charge on any atom is 0.412 e. The van der Waals surface area contributed by atoms with Gasteiger partial charge in [0.2, 0.25) is 0 Å². The minimum atomic E-state index is -0.583. The second-order valence-electron chi connectivity index (χ2n) is 5.27. The summed E-state index contributed by atoms with van der Waals surface area (Å²) in [5.74, 6) is 0.0575. The summed E-state index contributed by atoms with van der Waals surface area (Å²) in [6, 6.07) is 8.89. The molecular weight excluding hydrogens is 270 g/mol. The van der Waals surface area contributed by atoms with E-state index in [-0.39, 0.29) is 5.82 Å². The molecule has 0 atom stereocenters. The lowest BCUT2D eigenvalue weighted by molar-refractivity contribution is 0.0636. The predicted molar refractivity (Wildman–Crippen MR) is 75.9 cm³/mol. The van der Waals surface area contributed by atoms with E-state index < -0.39 is 11.7 Å². The van der Waals surface area contributed by atoms with Gasteiger partial charge in [0.1, 0.15) is 18.0 Å². The van der Waals surface area contributed by atoms with Gasteiger partial charge >= 0.3 is 6.09 Å². The van der Waals surface area contributed by atoms with E-state index in [1.807, 2.05) is 6.07 Å². The lowest BCUT2D eigenvalue weighted by Crippen LogP contribution is -2.27. The fraction of sp³-hybridized carbons (Fsp3) is 0.286. The largest absolute Gasteiger partial charge is 0.444 e. The van der Waals surface area contributed by atoms with Crippen LogP contribution in [0.4, 0.5) is 10.5 Å². The molecule has 1 aromatic carbocycles. The molecular formula is C14H15N5O2. The number of benzene rings is 1. The molecule has 7 nitrogen and oxygen atoms in total. The zero-order valence-corrected chi connectivity index (χ0v) is 12.0. The first kappa shape index (κ1) is 14.5. The van der Waals surface area contributed by atoms with Crippen LogP contribution in [0.5, 0.6) is 0 Å². The first-order valence-electron chi connectivity index (χ1n) is 6.30. The summed E-state index contributed by atoms with van der Waals surface area (Å²) in [5.41, 5.74) is 0.527. The van der Waals surface area contributed by atoms with E-state index in [1.54, 1.807) is 45.0 Å². The minimum absolute atomic E-state index is 0.0575. The molecule has 0 aliphatic rings. The van der Waals surface area contributed by atoms with Crippen LogP contribution in [0.1, 0.15) is 26.6 Å². The normalized spacial score (nSPS) is 10.8. The average Bonchev–Trinajstić information content (AvgIpc) is 2.85. The highest BCUT2D eigenvalue weighted by Crippen LogP contribution is 2.20. The van der Waals surface area contributed by atoms with Gasteiger partial charge in [-0.15, -0.1) is 5.10 Å². The van der Waals surface area contributed by atoms with Gasteiger partial charge < -0.3 is 4.74 Å². The van der Waals surface area contributed by atoms with Crippen molar-refractivity contribution < 1.29 is 9.53 Å². The standard InChI is InChI=1S/C14H15N5O2/c1-14(2,3)21-13(20)17-10-6-4-5-7-11(10)19-9-16-12(8-15)18-19/h4-7,9H,1-3H3,(H,17,20). The number of carbonyl (C=O) groups is 1. The molecule has 2 rings (SSSR count). The number of hydrogen-bond acceptors (Lipinski definition) is 5. The minimum Gasteiger partial charge on any atom is -0.444 e. The molecule has 0 bridgehead atoms. The monoisotopic (exact) mass is 285 g/mol. The van der Waals surface area contributed by atoms with Crippen LogP contribution in [-0.2, 0) is 4.74 Å². The van der Waals surface area contributed by atoms with E-state index in [0.29, 0.717) is 11.4 Å². The van der Waals surface area contributed by atoms with Gasteiger partial charge in [0.25, 0.3) is 5.82 Å². The van der Waals surface area contributed by atoms with Crippen molar-refractivity contribution in [2.75, 3.05) is 5.32 Å². The van der Waals surface area contributed by atoms with E-state index in [4.69, 9.17) is 10.00 Å². The fourth-order valence-electron chi connectivity index (χ4n) is 1.62. The Kier molecular flexibility index (Phi) is 3.89. The first-order chi connectivity index (χ1) is 9.89. The van der Waals surface area contributed by atoms with E-state index >= 15 is 0 Å². The molecule has 2 aromatic rings. The van der Waals surface area contributed by atoms with Gasteiger partial charge in [-0.25, -0.2) is 14.5 Å². The van der Waals surface area contributed by atoms with Crippen LogP contribution in [-0.4, -0.2) is 26.5 Å². The number of rotatable bonds is 2. The van der Waals surface area contributed by atoms with Gasteiger partial charge in [-0.2, -0.15) is 5.26 Å². The molecule has 21 heavy (non-hydrogen) atoms. The Hall–Kier alpha value is -2.88. The molecule has 1 amide bonds. The topological polar surface area (TPSA) is 92.8 Å². The predicted octanol–water partition coefficient (Wildman–Crippen LogP) is 2.49. The molecule has 0 spiro atoms. The summed E-state index contributed by atoms with van der Waals surface area (Å²) in [6.07, 6.45) is 0.851. The number of carbonyl (C=O) groups excluding carboxylic acids is 1. The number of nitrogens with zero attached hydrogens (tertiary/aromatic N) is 4. The Morgan fingerprint density at radius 3 is 2.71 bits per heavy atom. The van der Waals surface area contributed by atoms with E-state index in [1.165, 1.54) is 11.0 Å². The molecule has 0 unspecified atom stereocenters. The zero-order valence-electron chi connectivity index (χ0n) is 12.0. The summed E-state index contributed by atoms with van der Waals surface area (Å²) in [4.78, 5) is 15.7. The number of aromatic nitrogens is 3. The third-order valence-electron chi connectivity index (χ3n) is 2.38. The van der Waals surface area contributed by atoms with Gasteiger partial charge in [0.05, 0.1) is 11.4 Å². The summed E-state index contributed by atoms with van der Waals surface area (Å²) in [5, 5.41) is 15.4. The maximum absolute atomic E-state index is 11.8. The van der Waals surface area contributed by atoms with Crippen LogP contribution in [0.25, 0.3) is 5.69 Å². The number of anilines is 1. The zero-order chi connectivity index (χ0) is 15.5. The third-order valence-corrected chi connectivity index (χ3v) is 2.38. The van der Waals surface area contributed by atoms with Crippen LogP contribution in [0, 0.1) is 11.3 Å². The molecule has 7 heteroatoms. The summed E-state index contributed by atoms with van der Waals surface area (Å²) < 4.78 is 6.63. The molecule has 0 radical (unpaired) electrons. The number of nitrogens with one attached hydrogen (secondary N) is 1. The molecule has 1 aromatic heterocycles. The van der Waals surface area contributed by atoms with Crippen molar-refractivity contribution in [3.05, 3.63) is 36.4 Å². The Labute approximate surface area is 122 Å². The molecule has 0 fully saturated rings. The van der Waals surface area contributed by atoms with Gasteiger partial charge in [0.15, 0.2) is 0 Å². The van der Waals surface area contributed by atoms with Crippen molar-refractivity contribution in [1.29, 1.82) is 5.26 Å². The Morgan fingerprint density at radius 2 is 2.10 bits per heavy atom. The SMILES string of the molecule is CC(C)(C)OC(=O)Nc1ccccc1-n1cnc(C#N)n1. The molecule has 0 aliphatic carbocycles. The second kappa shape index (κ2) is 5.63. The summed E-state index contributed by atoms with van der Waals surface area (Å²) in [7, 11) is 0. The molecule has 1 N–H and O–H groups in total. The number of ether oxygens (including phenoxy) is 1. The Morgan fingerprint density at radius 1 is 1.38 bits per heavy atom. The first-order valence-corrected chi connectivity index (χ1v) is 6.30. The van der Waals surface area contributed by atoms with E-state index in [0.717, 1.165) is 0 Å². The molecule has 108 valence electrons. The molecule has 0 saturated heterocycles. The number of hydrogen-bond donors (Lipinski definition) is 1. The average molecular weight is 285 g/mol. The Bertz CT molecular complexity index is 694. The number of nitriles is 1. The van der Waals surface area contributed by atoms with Crippen molar-refractivity contribution in [2.24, 2.45) is 0 Å². The lowest BCUT2D eigenvalue weighted by Gasteiger charge is -2.20. The van der Waals surface area contributed by atoms with Crippen LogP contribution >= 0.6 is 0 Å². The van der Waals surface area contributed by atoms with Gasteiger partial charge in [-0.3, -0.25) is 5.32 Å². The summed E-state index contributed by atoms with van der Waals surface area (Å²) in [6.45, 7) is 5.36. The smallest absolute Gasteiger partial charge is 0.412 e. The molecule has 0 aliphatic heterocycles. The third kappa shape index (κ3) is 3.79. The number of amides is 1. The van der Waals surface area contributed by atoms with E-state index in [9.17, 15) is 4.79 Å². The van der Waals surface area contributed by atoms with Crippen LogP contribution in [0.2, 0.25) is 0 Å². The number of para-hydroxylation sites is 2. The summed E-state index contributed by atoms with van der Waals surface area (Å²) >= 11 is 0. The van der Waals surface area contributed by atoms with Gasteiger partial charge in [-0.1, -0.05) is 12.1 Å². The van der Waals surface area contributed by atoms with Crippen molar-refractivity contribution in [3.63, 3.8) is 0 Å².